The van der Waals surface area contributed by atoms with Crippen LogP contribution in [0.5, 0.6) is 0 Å². The highest BCUT2D eigenvalue weighted by atomic mass is 79.9. The van der Waals surface area contributed by atoms with Crippen molar-refractivity contribution in [3.8, 4) is 0 Å². The average molecular weight is 598 g/mol. The third-order valence-electron chi connectivity index (χ3n) is 8.42. The van der Waals surface area contributed by atoms with Gasteiger partial charge in [0, 0.05) is 30.3 Å². The molecule has 204 valence electrons. The first-order valence-corrected chi connectivity index (χ1v) is 14.7. The Hall–Kier alpha value is -3.71. The number of carbonyl (C=O) groups excluding carboxylic acids is 2. The molecule has 1 fully saturated rings. The molecule has 3 aromatic carbocycles. The summed E-state index contributed by atoms with van der Waals surface area (Å²) in [6.45, 7) is 2.33. The van der Waals surface area contributed by atoms with Crippen molar-refractivity contribution in [1.82, 2.24) is 19.8 Å². The molecule has 7 heteroatoms. The fourth-order valence-electron chi connectivity index (χ4n) is 6.02. The third-order valence-corrected chi connectivity index (χ3v) is 8.95. The molecular formula is C33H33BrN4O2. The molecule has 1 aromatic heterocycles. The highest BCUT2D eigenvalue weighted by Gasteiger charge is 2.48. The quantitative estimate of drug-likeness (QED) is 0.273. The molecule has 1 aliphatic carbocycles. The number of hydrogen-bond donors (Lipinski definition) is 1. The molecule has 1 saturated carbocycles. The lowest BCUT2D eigenvalue weighted by Gasteiger charge is -2.45. The fourth-order valence-corrected chi connectivity index (χ4v) is 6.29. The monoisotopic (exact) mass is 596 g/mol. The molecule has 2 amide bonds. The van der Waals surface area contributed by atoms with E-state index in [2.05, 4.69) is 56.2 Å². The van der Waals surface area contributed by atoms with Gasteiger partial charge in [-0.2, -0.15) is 0 Å². The van der Waals surface area contributed by atoms with Gasteiger partial charge in [-0.3, -0.25) is 9.59 Å². The summed E-state index contributed by atoms with van der Waals surface area (Å²) in [5, 5.41) is 0. The van der Waals surface area contributed by atoms with Crippen molar-refractivity contribution in [2.45, 2.75) is 57.2 Å². The van der Waals surface area contributed by atoms with Crippen molar-refractivity contribution < 1.29 is 9.59 Å². The van der Waals surface area contributed by atoms with E-state index in [9.17, 15) is 9.59 Å². The van der Waals surface area contributed by atoms with Crippen LogP contribution in [0.2, 0.25) is 0 Å². The lowest BCUT2D eigenvalue weighted by atomic mass is 9.63. The third kappa shape index (κ3) is 5.48. The number of hydrogen-bond acceptors (Lipinski definition) is 3. The van der Waals surface area contributed by atoms with Crippen LogP contribution in [-0.4, -0.2) is 38.1 Å². The summed E-state index contributed by atoms with van der Waals surface area (Å²) in [6.07, 6.45) is 7.44. The number of rotatable bonds is 8. The van der Waals surface area contributed by atoms with Gasteiger partial charge in [0.15, 0.2) is 0 Å². The maximum atomic E-state index is 13.9. The number of carbonyl (C=O) groups is 2. The summed E-state index contributed by atoms with van der Waals surface area (Å²) in [4.78, 5) is 38.6. The molecule has 6 nitrogen and oxygen atoms in total. The Balaban J connectivity index is 1.18. The molecule has 6 rings (SSSR count). The van der Waals surface area contributed by atoms with Crippen LogP contribution in [0, 0.1) is 0 Å². The van der Waals surface area contributed by atoms with E-state index in [0.717, 1.165) is 64.6 Å². The number of aromatic nitrogens is 2. The van der Waals surface area contributed by atoms with Crippen molar-refractivity contribution in [3.63, 3.8) is 0 Å². The van der Waals surface area contributed by atoms with E-state index in [0.29, 0.717) is 26.1 Å². The SMILES string of the molecule is O=C(Cc1ccc2c(c1)CN(C(=O)C1(c3ccc(Br)cc3)CCC1)CC2)N(Cc1ccccc1)Cc1cnc[nH]1. The highest BCUT2D eigenvalue weighted by molar-refractivity contribution is 9.10. The number of fused-ring (bicyclic) bond motifs is 1. The Morgan fingerprint density at radius 3 is 2.45 bits per heavy atom. The van der Waals surface area contributed by atoms with Crippen LogP contribution in [0.3, 0.4) is 0 Å². The summed E-state index contributed by atoms with van der Waals surface area (Å²) >= 11 is 3.52. The Morgan fingerprint density at radius 2 is 1.75 bits per heavy atom. The number of aromatic amines is 1. The number of halogens is 1. The Morgan fingerprint density at radius 1 is 0.950 bits per heavy atom. The number of H-pyrrole nitrogens is 1. The van der Waals surface area contributed by atoms with Crippen molar-refractivity contribution in [2.24, 2.45) is 0 Å². The molecule has 40 heavy (non-hydrogen) atoms. The second-order valence-corrected chi connectivity index (χ2v) is 11.9. The number of nitrogens with zero attached hydrogens (tertiary/aromatic N) is 3. The standard InChI is InChI=1S/C33H33BrN4O2/c34-29-11-9-28(10-12-29)33(14-4-15-33)32(40)37-16-13-26-8-7-25(17-27(26)21-37)18-31(39)38(22-30-19-35-23-36-30)20-24-5-2-1-3-6-24/h1-3,5-12,17,19,23H,4,13-16,18,20-22H2,(H,35,36). The number of imidazole rings is 1. The molecule has 4 aromatic rings. The van der Waals surface area contributed by atoms with Crippen molar-refractivity contribution in [3.05, 3.63) is 123 Å². The minimum absolute atomic E-state index is 0.0609. The minimum atomic E-state index is -0.406. The summed E-state index contributed by atoms with van der Waals surface area (Å²) in [7, 11) is 0. The summed E-state index contributed by atoms with van der Waals surface area (Å²) in [5.41, 5.74) is 6.10. The normalized spacial score (nSPS) is 15.7. The zero-order chi connectivity index (χ0) is 27.5. The van der Waals surface area contributed by atoms with Gasteiger partial charge in [-0.25, -0.2) is 4.98 Å². The lowest BCUT2D eigenvalue weighted by Crippen LogP contribution is -2.52. The largest absolute Gasteiger partial charge is 0.347 e. The first-order valence-electron chi connectivity index (χ1n) is 14.0. The van der Waals surface area contributed by atoms with E-state index in [-0.39, 0.29) is 11.8 Å². The van der Waals surface area contributed by atoms with Crippen LogP contribution in [0.4, 0.5) is 0 Å². The molecule has 2 heterocycles. The van der Waals surface area contributed by atoms with E-state index in [1.54, 1.807) is 12.5 Å². The number of nitrogens with one attached hydrogen (secondary N) is 1. The Kier molecular flexibility index (Phi) is 7.57. The van der Waals surface area contributed by atoms with Crippen LogP contribution in [0.25, 0.3) is 0 Å². The molecular weight excluding hydrogens is 564 g/mol. The summed E-state index contributed by atoms with van der Waals surface area (Å²) in [5.74, 6) is 0.299. The zero-order valence-corrected chi connectivity index (χ0v) is 24.1. The molecule has 0 spiro atoms. The molecule has 0 unspecified atom stereocenters. The van der Waals surface area contributed by atoms with Gasteiger partial charge in [-0.15, -0.1) is 0 Å². The average Bonchev–Trinajstić information content (AvgIpc) is 3.46. The molecule has 0 bridgehead atoms. The zero-order valence-electron chi connectivity index (χ0n) is 22.5. The molecule has 2 aliphatic rings. The molecule has 1 aliphatic heterocycles. The maximum Gasteiger partial charge on any atom is 0.233 e. The summed E-state index contributed by atoms with van der Waals surface area (Å²) < 4.78 is 1.03. The highest BCUT2D eigenvalue weighted by Crippen LogP contribution is 2.46. The predicted octanol–water partition coefficient (Wildman–Crippen LogP) is 5.95. The van der Waals surface area contributed by atoms with Gasteiger partial charge in [0.2, 0.25) is 11.8 Å². The second-order valence-electron chi connectivity index (χ2n) is 11.0. The molecule has 0 radical (unpaired) electrons. The predicted molar refractivity (Wildman–Crippen MR) is 158 cm³/mol. The van der Waals surface area contributed by atoms with Crippen LogP contribution in [0.15, 0.2) is 89.8 Å². The van der Waals surface area contributed by atoms with Crippen LogP contribution < -0.4 is 0 Å². The number of amides is 2. The maximum absolute atomic E-state index is 13.9. The van der Waals surface area contributed by atoms with Crippen molar-refractivity contribution in [2.75, 3.05) is 6.54 Å². The van der Waals surface area contributed by atoms with Crippen LogP contribution >= 0.6 is 15.9 Å². The van der Waals surface area contributed by atoms with Crippen LogP contribution in [-0.2, 0) is 47.5 Å². The van der Waals surface area contributed by atoms with E-state index in [1.165, 1.54) is 5.56 Å². The Labute approximate surface area is 243 Å². The minimum Gasteiger partial charge on any atom is -0.347 e. The van der Waals surface area contributed by atoms with E-state index in [1.807, 2.05) is 52.3 Å². The smallest absolute Gasteiger partial charge is 0.233 e. The van der Waals surface area contributed by atoms with Gasteiger partial charge in [0.1, 0.15) is 0 Å². The van der Waals surface area contributed by atoms with Crippen molar-refractivity contribution in [1.29, 1.82) is 0 Å². The lowest BCUT2D eigenvalue weighted by molar-refractivity contribution is -0.142. The Bertz CT molecular complexity index is 1480. The van der Waals surface area contributed by atoms with Gasteiger partial charge >= 0.3 is 0 Å². The van der Waals surface area contributed by atoms with Crippen molar-refractivity contribution >= 4 is 27.7 Å². The van der Waals surface area contributed by atoms with Gasteiger partial charge in [0.25, 0.3) is 0 Å². The van der Waals surface area contributed by atoms with Gasteiger partial charge in [-0.1, -0.05) is 83.0 Å². The summed E-state index contributed by atoms with van der Waals surface area (Å²) in [6, 6.07) is 24.7. The molecule has 1 N–H and O–H groups in total. The molecule has 0 atom stereocenters. The topological polar surface area (TPSA) is 69.3 Å². The van der Waals surface area contributed by atoms with Gasteiger partial charge in [-0.05, 0) is 59.2 Å². The fraction of sp³-hybridized carbons (Fsp3) is 0.303. The number of benzene rings is 3. The van der Waals surface area contributed by atoms with E-state index in [4.69, 9.17) is 0 Å². The second kappa shape index (κ2) is 11.4. The first-order chi connectivity index (χ1) is 19.5. The molecule has 0 saturated heterocycles. The van der Waals surface area contributed by atoms with Gasteiger partial charge in [0.05, 0.1) is 30.4 Å². The van der Waals surface area contributed by atoms with E-state index >= 15 is 0 Å². The van der Waals surface area contributed by atoms with E-state index < -0.39 is 5.41 Å². The van der Waals surface area contributed by atoms with Crippen LogP contribution in [0.1, 0.15) is 52.8 Å². The first kappa shape index (κ1) is 26.5. The van der Waals surface area contributed by atoms with Gasteiger partial charge < -0.3 is 14.8 Å².